The summed E-state index contributed by atoms with van der Waals surface area (Å²) in [5.74, 6) is 0.747. The lowest BCUT2D eigenvalue weighted by Crippen LogP contribution is -1.83. The standard InChI is InChI=1S/C7H11ClO/c1-6(8)4-5-7(2)9-3/h1-2,4-5H2,3H3. The number of hydrogen-bond donors (Lipinski definition) is 0. The lowest BCUT2D eigenvalue weighted by molar-refractivity contribution is 0.279. The van der Waals surface area contributed by atoms with Crippen molar-refractivity contribution in [2.45, 2.75) is 12.8 Å². The number of rotatable bonds is 4. The van der Waals surface area contributed by atoms with Gasteiger partial charge in [0.15, 0.2) is 0 Å². The van der Waals surface area contributed by atoms with Crippen molar-refractivity contribution in [2.24, 2.45) is 0 Å². The summed E-state index contributed by atoms with van der Waals surface area (Å²) >= 11 is 5.49. The molecule has 0 aliphatic carbocycles. The van der Waals surface area contributed by atoms with Gasteiger partial charge in [0.05, 0.1) is 12.9 Å². The first-order valence-electron chi connectivity index (χ1n) is 2.72. The first-order chi connectivity index (χ1) is 4.16. The van der Waals surface area contributed by atoms with E-state index in [2.05, 4.69) is 13.2 Å². The second-order valence-corrected chi connectivity index (χ2v) is 2.29. The highest BCUT2D eigenvalue weighted by atomic mass is 35.5. The zero-order chi connectivity index (χ0) is 7.28. The van der Waals surface area contributed by atoms with E-state index in [9.17, 15) is 0 Å². The van der Waals surface area contributed by atoms with E-state index in [1.807, 2.05) is 0 Å². The fraction of sp³-hybridized carbons (Fsp3) is 0.429. The van der Waals surface area contributed by atoms with Gasteiger partial charge in [-0.15, -0.1) is 0 Å². The third-order valence-electron chi connectivity index (χ3n) is 0.964. The van der Waals surface area contributed by atoms with Gasteiger partial charge in [0, 0.05) is 11.5 Å². The molecule has 9 heavy (non-hydrogen) atoms. The smallest absolute Gasteiger partial charge is 0.0887 e. The lowest BCUT2D eigenvalue weighted by atomic mass is 10.3. The van der Waals surface area contributed by atoms with Crippen molar-refractivity contribution < 1.29 is 4.74 Å². The van der Waals surface area contributed by atoms with E-state index in [4.69, 9.17) is 16.3 Å². The normalized spacial score (nSPS) is 8.67. The molecule has 0 fully saturated rings. The van der Waals surface area contributed by atoms with Gasteiger partial charge >= 0.3 is 0 Å². The fourth-order valence-corrected chi connectivity index (χ4v) is 0.472. The minimum Gasteiger partial charge on any atom is -0.502 e. The molecule has 0 bridgehead atoms. The van der Waals surface area contributed by atoms with Crippen LogP contribution in [0, 0.1) is 0 Å². The summed E-state index contributed by atoms with van der Waals surface area (Å²) in [5.41, 5.74) is 0. The average Bonchev–Trinajstić information content (AvgIpc) is 1.83. The number of allylic oxidation sites excluding steroid dienone is 2. The van der Waals surface area contributed by atoms with E-state index in [1.54, 1.807) is 7.11 Å². The van der Waals surface area contributed by atoms with Crippen molar-refractivity contribution in [3.05, 3.63) is 23.9 Å². The molecular formula is C7H11ClO. The van der Waals surface area contributed by atoms with Crippen LogP contribution in [0.5, 0.6) is 0 Å². The molecule has 0 aromatic rings. The summed E-state index contributed by atoms with van der Waals surface area (Å²) in [6.07, 6.45) is 1.51. The molecule has 0 amide bonds. The molecular weight excluding hydrogens is 136 g/mol. The van der Waals surface area contributed by atoms with Crippen molar-refractivity contribution in [3.63, 3.8) is 0 Å². The van der Waals surface area contributed by atoms with Gasteiger partial charge in [-0.3, -0.25) is 0 Å². The number of ether oxygens (including phenoxy) is 1. The highest BCUT2D eigenvalue weighted by molar-refractivity contribution is 6.29. The van der Waals surface area contributed by atoms with Crippen molar-refractivity contribution in [1.29, 1.82) is 0 Å². The summed E-state index contributed by atoms with van der Waals surface area (Å²) in [6, 6.07) is 0. The van der Waals surface area contributed by atoms with Crippen molar-refractivity contribution in [1.82, 2.24) is 0 Å². The van der Waals surface area contributed by atoms with Crippen LogP contribution < -0.4 is 0 Å². The lowest BCUT2D eigenvalue weighted by Gasteiger charge is -2.00. The molecule has 0 aromatic heterocycles. The van der Waals surface area contributed by atoms with Crippen LogP contribution in [-0.2, 0) is 4.74 Å². The highest BCUT2D eigenvalue weighted by Gasteiger charge is 1.92. The van der Waals surface area contributed by atoms with Crippen molar-refractivity contribution in [2.75, 3.05) is 7.11 Å². The Bertz CT molecular complexity index is 118. The quantitative estimate of drug-likeness (QED) is 0.555. The predicted molar refractivity (Wildman–Crippen MR) is 40.4 cm³/mol. The van der Waals surface area contributed by atoms with E-state index < -0.39 is 0 Å². The maximum Gasteiger partial charge on any atom is 0.0887 e. The molecule has 2 heteroatoms. The molecule has 0 aromatic carbocycles. The molecule has 0 N–H and O–H groups in total. The Morgan fingerprint density at radius 2 is 2.00 bits per heavy atom. The van der Waals surface area contributed by atoms with Gasteiger partial charge in [0.1, 0.15) is 0 Å². The minimum atomic E-state index is 0.646. The molecule has 0 radical (unpaired) electrons. The Kier molecular flexibility index (Phi) is 4.24. The summed E-state index contributed by atoms with van der Waals surface area (Å²) in [4.78, 5) is 0. The number of methoxy groups -OCH3 is 1. The first kappa shape index (κ1) is 8.57. The maximum atomic E-state index is 5.49. The zero-order valence-corrected chi connectivity index (χ0v) is 6.37. The molecule has 0 unspecified atom stereocenters. The van der Waals surface area contributed by atoms with Crippen LogP contribution in [-0.4, -0.2) is 7.11 Å². The molecule has 0 saturated heterocycles. The van der Waals surface area contributed by atoms with Gasteiger partial charge in [-0.1, -0.05) is 24.8 Å². The summed E-state index contributed by atoms with van der Waals surface area (Å²) < 4.78 is 4.81. The predicted octanol–water partition coefficient (Wildman–Crippen LogP) is 2.68. The highest BCUT2D eigenvalue weighted by Crippen LogP contribution is 2.11. The molecule has 52 valence electrons. The van der Waals surface area contributed by atoms with Crippen LogP contribution in [0.15, 0.2) is 23.9 Å². The Morgan fingerprint density at radius 3 is 2.33 bits per heavy atom. The van der Waals surface area contributed by atoms with Gasteiger partial charge < -0.3 is 4.74 Å². The van der Waals surface area contributed by atoms with E-state index in [1.165, 1.54) is 0 Å². The third kappa shape index (κ3) is 5.44. The molecule has 0 spiro atoms. The van der Waals surface area contributed by atoms with E-state index in [-0.39, 0.29) is 0 Å². The largest absolute Gasteiger partial charge is 0.502 e. The zero-order valence-electron chi connectivity index (χ0n) is 5.61. The Balaban J connectivity index is 3.28. The molecule has 0 rings (SSSR count). The Morgan fingerprint density at radius 1 is 1.44 bits per heavy atom. The molecule has 1 nitrogen and oxygen atoms in total. The van der Waals surface area contributed by atoms with Crippen LogP contribution in [0.1, 0.15) is 12.8 Å². The van der Waals surface area contributed by atoms with Crippen LogP contribution in [0.25, 0.3) is 0 Å². The summed E-state index contributed by atoms with van der Waals surface area (Å²) in [7, 11) is 1.60. The fourth-order valence-electron chi connectivity index (χ4n) is 0.377. The van der Waals surface area contributed by atoms with E-state index >= 15 is 0 Å². The van der Waals surface area contributed by atoms with Crippen LogP contribution in [0.2, 0.25) is 0 Å². The van der Waals surface area contributed by atoms with Gasteiger partial charge in [-0.25, -0.2) is 0 Å². The van der Waals surface area contributed by atoms with Gasteiger partial charge in [0.2, 0.25) is 0 Å². The van der Waals surface area contributed by atoms with Crippen LogP contribution in [0.3, 0.4) is 0 Å². The van der Waals surface area contributed by atoms with Gasteiger partial charge in [-0.05, 0) is 6.42 Å². The molecule has 0 saturated carbocycles. The monoisotopic (exact) mass is 146 g/mol. The van der Waals surface area contributed by atoms with E-state index in [0.717, 1.165) is 18.6 Å². The van der Waals surface area contributed by atoms with Crippen molar-refractivity contribution >= 4 is 11.6 Å². The van der Waals surface area contributed by atoms with Crippen LogP contribution >= 0.6 is 11.6 Å². The topological polar surface area (TPSA) is 9.23 Å². The third-order valence-corrected chi connectivity index (χ3v) is 1.15. The second-order valence-electron chi connectivity index (χ2n) is 1.76. The van der Waals surface area contributed by atoms with Crippen LogP contribution in [0.4, 0.5) is 0 Å². The number of hydrogen-bond acceptors (Lipinski definition) is 1. The summed E-state index contributed by atoms with van der Waals surface area (Å²) in [5, 5.41) is 0.646. The summed E-state index contributed by atoms with van der Waals surface area (Å²) in [6.45, 7) is 7.15. The SMILES string of the molecule is C=C(Cl)CCC(=C)OC. The first-order valence-corrected chi connectivity index (χ1v) is 3.09. The molecule has 0 atom stereocenters. The second kappa shape index (κ2) is 4.45. The minimum absolute atomic E-state index is 0.646. The average molecular weight is 147 g/mol. The molecule has 0 aliphatic rings. The molecule has 0 aliphatic heterocycles. The Labute approximate surface area is 61.0 Å². The maximum absolute atomic E-state index is 5.49. The number of halogens is 1. The molecule has 0 heterocycles. The van der Waals surface area contributed by atoms with Crippen molar-refractivity contribution in [3.8, 4) is 0 Å². The van der Waals surface area contributed by atoms with E-state index in [0.29, 0.717) is 5.03 Å². The van der Waals surface area contributed by atoms with Gasteiger partial charge in [0.25, 0.3) is 0 Å². The van der Waals surface area contributed by atoms with Gasteiger partial charge in [-0.2, -0.15) is 0 Å². The Hall–Kier alpha value is -0.430.